The zero-order valence-corrected chi connectivity index (χ0v) is 13.4. The summed E-state index contributed by atoms with van der Waals surface area (Å²) in [6, 6.07) is 5.05. The van der Waals surface area contributed by atoms with Crippen LogP contribution in [0.2, 0.25) is 0 Å². The molecule has 0 N–H and O–H groups in total. The van der Waals surface area contributed by atoms with Gasteiger partial charge in [-0.2, -0.15) is 0 Å². The van der Waals surface area contributed by atoms with E-state index in [4.69, 9.17) is 4.98 Å². The molecule has 0 amide bonds. The SMILES string of the molecule is CCCCN1CCC[C@H]1c1cccnc1N1CCCCC1. The number of hydrogen-bond acceptors (Lipinski definition) is 3. The number of unbranched alkanes of at least 4 members (excludes halogenated alkanes) is 1. The van der Waals surface area contributed by atoms with Crippen molar-refractivity contribution in [1.82, 2.24) is 9.88 Å². The second-order valence-corrected chi connectivity index (χ2v) is 6.51. The molecular weight excluding hydrogens is 258 g/mol. The van der Waals surface area contributed by atoms with Gasteiger partial charge in [0.05, 0.1) is 0 Å². The maximum absolute atomic E-state index is 4.76. The zero-order chi connectivity index (χ0) is 14.5. The Kier molecular flexibility index (Phi) is 5.13. The van der Waals surface area contributed by atoms with Gasteiger partial charge in [0.15, 0.2) is 0 Å². The van der Waals surface area contributed by atoms with Crippen molar-refractivity contribution in [3.05, 3.63) is 23.9 Å². The highest BCUT2D eigenvalue weighted by Gasteiger charge is 2.29. The molecule has 3 nitrogen and oxygen atoms in total. The lowest BCUT2D eigenvalue weighted by Crippen LogP contribution is -2.33. The van der Waals surface area contributed by atoms with E-state index in [9.17, 15) is 0 Å². The molecule has 0 spiro atoms. The third kappa shape index (κ3) is 3.39. The lowest BCUT2D eigenvalue weighted by Gasteiger charge is -2.32. The lowest BCUT2D eigenvalue weighted by molar-refractivity contribution is 0.253. The van der Waals surface area contributed by atoms with Crippen LogP contribution in [0.25, 0.3) is 0 Å². The van der Waals surface area contributed by atoms with Gasteiger partial charge in [0.1, 0.15) is 5.82 Å². The number of rotatable bonds is 5. The van der Waals surface area contributed by atoms with Crippen molar-refractivity contribution in [3.63, 3.8) is 0 Å². The van der Waals surface area contributed by atoms with E-state index in [2.05, 4.69) is 28.9 Å². The Morgan fingerprint density at radius 1 is 1.14 bits per heavy atom. The summed E-state index contributed by atoms with van der Waals surface area (Å²) >= 11 is 0. The van der Waals surface area contributed by atoms with Crippen molar-refractivity contribution in [2.24, 2.45) is 0 Å². The third-order valence-electron chi connectivity index (χ3n) is 4.99. The normalized spacial score (nSPS) is 23.7. The van der Waals surface area contributed by atoms with Gasteiger partial charge in [-0.25, -0.2) is 4.98 Å². The maximum atomic E-state index is 4.76. The van der Waals surface area contributed by atoms with Crippen molar-refractivity contribution in [2.45, 2.75) is 57.9 Å². The summed E-state index contributed by atoms with van der Waals surface area (Å²) in [5, 5.41) is 0. The Morgan fingerprint density at radius 2 is 2.00 bits per heavy atom. The first-order chi connectivity index (χ1) is 10.4. The molecule has 3 rings (SSSR count). The first-order valence-corrected chi connectivity index (χ1v) is 8.84. The number of hydrogen-bond donors (Lipinski definition) is 0. The highest BCUT2D eigenvalue weighted by molar-refractivity contribution is 5.49. The van der Waals surface area contributed by atoms with Gasteiger partial charge >= 0.3 is 0 Å². The molecule has 116 valence electrons. The van der Waals surface area contributed by atoms with Gasteiger partial charge in [-0.3, -0.25) is 4.90 Å². The van der Waals surface area contributed by atoms with Gasteiger partial charge in [-0.1, -0.05) is 19.4 Å². The van der Waals surface area contributed by atoms with Crippen LogP contribution in [0.4, 0.5) is 5.82 Å². The Bertz CT molecular complexity index is 440. The summed E-state index contributed by atoms with van der Waals surface area (Å²) in [7, 11) is 0. The number of nitrogens with zero attached hydrogens (tertiary/aromatic N) is 3. The molecule has 0 aliphatic carbocycles. The van der Waals surface area contributed by atoms with Crippen LogP contribution >= 0.6 is 0 Å². The lowest BCUT2D eigenvalue weighted by atomic mass is 10.0. The van der Waals surface area contributed by atoms with Crippen LogP contribution in [0.15, 0.2) is 18.3 Å². The fraction of sp³-hybridized carbons (Fsp3) is 0.722. The van der Waals surface area contributed by atoms with Crippen LogP contribution in [0.3, 0.4) is 0 Å². The second kappa shape index (κ2) is 7.26. The highest BCUT2D eigenvalue weighted by atomic mass is 15.2. The van der Waals surface area contributed by atoms with Crippen molar-refractivity contribution in [3.8, 4) is 0 Å². The maximum Gasteiger partial charge on any atom is 0.133 e. The van der Waals surface area contributed by atoms with E-state index >= 15 is 0 Å². The second-order valence-electron chi connectivity index (χ2n) is 6.51. The monoisotopic (exact) mass is 287 g/mol. The van der Waals surface area contributed by atoms with Crippen molar-refractivity contribution >= 4 is 5.82 Å². The first-order valence-electron chi connectivity index (χ1n) is 8.84. The van der Waals surface area contributed by atoms with Crippen LogP contribution in [0.1, 0.15) is 63.5 Å². The predicted molar refractivity (Wildman–Crippen MR) is 88.8 cm³/mol. The largest absolute Gasteiger partial charge is 0.356 e. The highest BCUT2D eigenvalue weighted by Crippen LogP contribution is 2.37. The Labute approximate surface area is 129 Å². The van der Waals surface area contributed by atoms with E-state index in [1.165, 1.54) is 82.5 Å². The summed E-state index contributed by atoms with van der Waals surface area (Å²) < 4.78 is 0. The number of pyridine rings is 1. The van der Waals surface area contributed by atoms with Crippen LogP contribution in [-0.2, 0) is 0 Å². The molecule has 1 aromatic heterocycles. The molecule has 2 aliphatic rings. The molecule has 21 heavy (non-hydrogen) atoms. The molecule has 3 heteroatoms. The fourth-order valence-electron chi connectivity index (χ4n) is 3.85. The van der Waals surface area contributed by atoms with Gasteiger partial charge in [0.25, 0.3) is 0 Å². The van der Waals surface area contributed by atoms with E-state index in [0.717, 1.165) is 0 Å². The topological polar surface area (TPSA) is 19.4 Å². The Balaban J connectivity index is 1.80. The van der Waals surface area contributed by atoms with Gasteiger partial charge in [0, 0.05) is 30.9 Å². The van der Waals surface area contributed by atoms with Crippen molar-refractivity contribution in [2.75, 3.05) is 31.1 Å². The zero-order valence-electron chi connectivity index (χ0n) is 13.4. The molecule has 0 aromatic carbocycles. The number of aromatic nitrogens is 1. The van der Waals surface area contributed by atoms with Gasteiger partial charge in [-0.15, -0.1) is 0 Å². The average Bonchev–Trinajstić information content (AvgIpc) is 3.02. The van der Waals surface area contributed by atoms with Gasteiger partial charge in [-0.05, 0) is 57.7 Å². The van der Waals surface area contributed by atoms with Crippen LogP contribution < -0.4 is 4.90 Å². The number of anilines is 1. The van der Waals surface area contributed by atoms with Gasteiger partial charge < -0.3 is 4.90 Å². The van der Waals surface area contributed by atoms with E-state index in [1.807, 2.05) is 6.20 Å². The van der Waals surface area contributed by atoms with E-state index in [0.29, 0.717) is 6.04 Å². The Morgan fingerprint density at radius 3 is 2.81 bits per heavy atom. The van der Waals surface area contributed by atoms with E-state index in [1.54, 1.807) is 0 Å². The molecule has 2 aliphatic heterocycles. The summed E-state index contributed by atoms with van der Waals surface area (Å²) in [6.45, 7) is 7.17. The molecule has 0 unspecified atom stereocenters. The standard InChI is InChI=1S/C18H29N3/c1-2-3-12-20-15-8-10-17(20)16-9-7-11-19-18(16)21-13-5-4-6-14-21/h7,9,11,17H,2-6,8,10,12-15H2,1H3/t17-/m0/s1. The molecule has 0 radical (unpaired) electrons. The van der Waals surface area contributed by atoms with Crippen LogP contribution in [0, 0.1) is 0 Å². The summed E-state index contributed by atoms with van der Waals surface area (Å²) in [5.74, 6) is 1.27. The van der Waals surface area contributed by atoms with Crippen LogP contribution in [-0.4, -0.2) is 36.1 Å². The van der Waals surface area contributed by atoms with E-state index < -0.39 is 0 Å². The molecule has 2 saturated heterocycles. The quantitative estimate of drug-likeness (QED) is 0.815. The smallest absolute Gasteiger partial charge is 0.133 e. The first kappa shape index (κ1) is 14.8. The van der Waals surface area contributed by atoms with Crippen molar-refractivity contribution in [1.29, 1.82) is 0 Å². The third-order valence-corrected chi connectivity index (χ3v) is 4.99. The minimum atomic E-state index is 0.599. The fourth-order valence-corrected chi connectivity index (χ4v) is 3.85. The van der Waals surface area contributed by atoms with Crippen molar-refractivity contribution < 1.29 is 0 Å². The molecule has 2 fully saturated rings. The summed E-state index contributed by atoms with van der Waals surface area (Å²) in [5.41, 5.74) is 1.48. The minimum absolute atomic E-state index is 0.599. The van der Waals surface area contributed by atoms with E-state index in [-0.39, 0.29) is 0 Å². The molecule has 1 aromatic rings. The molecule has 1 atom stereocenters. The summed E-state index contributed by atoms with van der Waals surface area (Å²) in [6.07, 6.45) is 11.2. The number of piperidine rings is 1. The summed E-state index contributed by atoms with van der Waals surface area (Å²) in [4.78, 5) is 9.97. The molecule has 0 saturated carbocycles. The Hall–Kier alpha value is -1.09. The molecule has 0 bridgehead atoms. The molecule has 3 heterocycles. The number of likely N-dealkylation sites (tertiary alicyclic amines) is 1. The van der Waals surface area contributed by atoms with Crippen LogP contribution in [0.5, 0.6) is 0 Å². The minimum Gasteiger partial charge on any atom is -0.356 e. The molecular formula is C18H29N3. The van der Waals surface area contributed by atoms with Gasteiger partial charge in [0.2, 0.25) is 0 Å². The predicted octanol–water partition coefficient (Wildman–Crippen LogP) is 4.01. The average molecular weight is 287 g/mol.